The summed E-state index contributed by atoms with van der Waals surface area (Å²) in [7, 11) is 0. The Kier molecular flexibility index (Phi) is 8.82. The minimum atomic E-state index is 0.637. The standard InChI is InChI=1S/C59H42N4/c1-39-35-41(40-19-5-2-6-20-40)21-7-3-8-22-43(36-39)57-49-29-13-16-30-53(49)60-59(61-57)63-55-32-18-14-26-46(55)51-37-42(33-34-56(51)63)50-38-52-47-27-15-17-31-54(47)62(44-23-9-4-10-24-44)58(52)48-28-12-11-25-45(48)50/h2,4-10,12-24,26-38H,1,3,11,25H2/b21-7-,22-8-,41-35+,43-36+. The highest BCUT2D eigenvalue weighted by molar-refractivity contribution is 6.15. The number of allylic oxidation sites excluding steroid dienone is 10. The molecule has 10 aromatic rings. The van der Waals surface area contributed by atoms with Crippen LogP contribution in [-0.2, 0) is 6.42 Å². The molecule has 0 saturated heterocycles. The molecule has 0 aliphatic heterocycles. The summed E-state index contributed by atoms with van der Waals surface area (Å²) in [4.78, 5) is 10.8. The Morgan fingerprint density at radius 1 is 0.492 bits per heavy atom. The van der Waals surface area contributed by atoms with Gasteiger partial charge in [-0.3, -0.25) is 4.57 Å². The number of para-hydroxylation sites is 4. The first-order valence-electron chi connectivity index (χ1n) is 21.8. The SMILES string of the molecule is C=C1/C=C(c2ccccc2)\C=C/C/C=C\C(c2nc(-n3c4ccccc4c4cc(-c5cc6c7ccccc7n(-c7ccccc7)c6c6c5CCC=C6)ccc43)nc3ccccc23)=C/1. The maximum absolute atomic E-state index is 5.48. The molecule has 4 nitrogen and oxygen atoms in total. The molecule has 0 atom stereocenters. The first-order chi connectivity index (χ1) is 31.2. The Morgan fingerprint density at radius 2 is 1.14 bits per heavy atom. The third kappa shape index (κ3) is 6.22. The van der Waals surface area contributed by atoms with Gasteiger partial charge in [0.15, 0.2) is 0 Å². The summed E-state index contributed by atoms with van der Waals surface area (Å²) in [5.74, 6) is 0.637. The van der Waals surface area contributed by atoms with Crippen LogP contribution in [0.1, 0.15) is 35.2 Å². The van der Waals surface area contributed by atoms with Crippen LogP contribution in [0.5, 0.6) is 0 Å². The molecule has 0 amide bonds. The third-order valence-electron chi connectivity index (χ3n) is 12.7. The van der Waals surface area contributed by atoms with Gasteiger partial charge in [0.05, 0.1) is 33.3 Å². The fourth-order valence-corrected chi connectivity index (χ4v) is 9.88. The number of rotatable bonds is 5. The molecule has 3 heterocycles. The second-order valence-electron chi connectivity index (χ2n) is 16.5. The Labute approximate surface area is 366 Å². The zero-order valence-corrected chi connectivity index (χ0v) is 34.7. The van der Waals surface area contributed by atoms with Crippen LogP contribution in [0.2, 0.25) is 0 Å². The van der Waals surface area contributed by atoms with E-state index in [1.165, 1.54) is 60.5 Å². The molecule has 4 heteroatoms. The quantitative estimate of drug-likeness (QED) is 0.174. The highest BCUT2D eigenvalue weighted by Crippen LogP contribution is 2.44. The van der Waals surface area contributed by atoms with Gasteiger partial charge in [-0.05, 0) is 113 Å². The molecular weight excluding hydrogens is 765 g/mol. The molecule has 0 saturated carbocycles. The van der Waals surface area contributed by atoms with Gasteiger partial charge in [-0.25, -0.2) is 9.97 Å². The summed E-state index contributed by atoms with van der Waals surface area (Å²) in [6.07, 6.45) is 20.6. The predicted molar refractivity (Wildman–Crippen MR) is 265 cm³/mol. The first kappa shape index (κ1) is 36.7. The van der Waals surface area contributed by atoms with Crippen LogP contribution in [0.4, 0.5) is 0 Å². The highest BCUT2D eigenvalue weighted by Gasteiger charge is 2.24. The van der Waals surface area contributed by atoms with Crippen LogP contribution in [-0.4, -0.2) is 19.1 Å². The molecular formula is C59H42N4. The Bertz CT molecular complexity index is 3650. The molecule has 2 aliphatic carbocycles. The van der Waals surface area contributed by atoms with E-state index in [0.717, 1.165) is 69.2 Å². The second kappa shape index (κ2) is 15.1. The van der Waals surface area contributed by atoms with Crippen molar-refractivity contribution < 1.29 is 0 Å². The van der Waals surface area contributed by atoms with Gasteiger partial charge >= 0.3 is 0 Å². The Morgan fingerprint density at radius 3 is 1.95 bits per heavy atom. The fourth-order valence-electron chi connectivity index (χ4n) is 9.88. The van der Waals surface area contributed by atoms with E-state index in [-0.39, 0.29) is 0 Å². The van der Waals surface area contributed by atoms with Crippen molar-refractivity contribution in [2.45, 2.75) is 19.3 Å². The van der Waals surface area contributed by atoms with Crippen LogP contribution in [0.25, 0.3) is 94.5 Å². The van der Waals surface area contributed by atoms with Gasteiger partial charge in [0, 0.05) is 43.8 Å². The van der Waals surface area contributed by atoms with E-state index in [1.807, 2.05) is 0 Å². The van der Waals surface area contributed by atoms with Gasteiger partial charge in [-0.1, -0.05) is 152 Å². The normalized spacial score (nSPS) is 16.9. The average molecular weight is 807 g/mol. The maximum Gasteiger partial charge on any atom is 0.235 e. The van der Waals surface area contributed by atoms with Crippen molar-refractivity contribution in [3.63, 3.8) is 0 Å². The van der Waals surface area contributed by atoms with Gasteiger partial charge in [0.25, 0.3) is 0 Å². The van der Waals surface area contributed by atoms with E-state index in [2.05, 4.69) is 222 Å². The van der Waals surface area contributed by atoms with Crippen molar-refractivity contribution in [2.24, 2.45) is 0 Å². The second-order valence-corrected chi connectivity index (χ2v) is 16.5. The van der Waals surface area contributed by atoms with Crippen molar-refractivity contribution in [3.05, 3.63) is 235 Å². The maximum atomic E-state index is 5.48. The summed E-state index contributed by atoms with van der Waals surface area (Å²) in [5.41, 5.74) is 16.9. The smallest absolute Gasteiger partial charge is 0.235 e. The van der Waals surface area contributed by atoms with E-state index < -0.39 is 0 Å². The molecule has 0 spiro atoms. The topological polar surface area (TPSA) is 35.6 Å². The molecule has 3 aromatic heterocycles. The lowest BCUT2D eigenvalue weighted by atomic mass is 9.87. The summed E-state index contributed by atoms with van der Waals surface area (Å²) in [6, 6.07) is 56.5. The average Bonchev–Trinajstić information content (AvgIpc) is 3.86. The van der Waals surface area contributed by atoms with E-state index in [0.29, 0.717) is 5.95 Å². The monoisotopic (exact) mass is 806 g/mol. The largest absolute Gasteiger partial charge is 0.309 e. The number of hydrogen-bond acceptors (Lipinski definition) is 2. The summed E-state index contributed by atoms with van der Waals surface area (Å²) >= 11 is 0. The van der Waals surface area contributed by atoms with Crippen molar-refractivity contribution in [2.75, 3.05) is 0 Å². The minimum absolute atomic E-state index is 0.637. The van der Waals surface area contributed by atoms with E-state index in [4.69, 9.17) is 9.97 Å². The number of aromatic nitrogens is 4. The third-order valence-corrected chi connectivity index (χ3v) is 12.7. The molecule has 298 valence electrons. The van der Waals surface area contributed by atoms with Gasteiger partial charge in [-0.2, -0.15) is 0 Å². The molecule has 7 aromatic carbocycles. The van der Waals surface area contributed by atoms with E-state index >= 15 is 0 Å². The number of benzene rings is 7. The predicted octanol–water partition coefficient (Wildman–Crippen LogP) is 15.0. The summed E-state index contributed by atoms with van der Waals surface area (Å²) in [5, 5.41) is 5.86. The molecule has 0 radical (unpaired) electrons. The van der Waals surface area contributed by atoms with Gasteiger partial charge in [0.2, 0.25) is 5.95 Å². The lowest BCUT2D eigenvalue weighted by Crippen LogP contribution is -2.05. The molecule has 12 rings (SSSR count). The van der Waals surface area contributed by atoms with Gasteiger partial charge < -0.3 is 4.57 Å². The summed E-state index contributed by atoms with van der Waals surface area (Å²) in [6.45, 7) is 4.51. The lowest BCUT2D eigenvalue weighted by Gasteiger charge is -2.20. The molecule has 63 heavy (non-hydrogen) atoms. The molecule has 0 N–H and O–H groups in total. The number of hydrogen-bond donors (Lipinski definition) is 0. The van der Waals surface area contributed by atoms with E-state index in [9.17, 15) is 0 Å². The first-order valence-corrected chi connectivity index (χ1v) is 21.8. The van der Waals surface area contributed by atoms with Crippen LogP contribution < -0.4 is 0 Å². The van der Waals surface area contributed by atoms with Crippen LogP contribution in [0.3, 0.4) is 0 Å². The van der Waals surface area contributed by atoms with Gasteiger partial charge in [-0.15, -0.1) is 0 Å². The van der Waals surface area contributed by atoms with Crippen LogP contribution in [0.15, 0.2) is 212 Å². The Hall–Kier alpha value is -8.08. The minimum Gasteiger partial charge on any atom is -0.309 e. The van der Waals surface area contributed by atoms with E-state index in [1.54, 1.807) is 0 Å². The van der Waals surface area contributed by atoms with Crippen LogP contribution in [0, 0.1) is 0 Å². The fraction of sp³-hybridized carbons (Fsp3) is 0.0508. The lowest BCUT2D eigenvalue weighted by molar-refractivity contribution is 0.988. The Balaban J connectivity index is 1.05. The molecule has 0 bridgehead atoms. The zero-order valence-electron chi connectivity index (χ0n) is 34.7. The van der Waals surface area contributed by atoms with Crippen molar-refractivity contribution in [1.29, 1.82) is 0 Å². The van der Waals surface area contributed by atoms with Crippen LogP contribution >= 0.6 is 0 Å². The molecule has 2 aliphatic rings. The number of nitrogens with zero attached hydrogens (tertiary/aromatic N) is 4. The van der Waals surface area contributed by atoms with Crippen molar-refractivity contribution in [3.8, 4) is 22.8 Å². The molecule has 0 fully saturated rings. The number of fused-ring (bicyclic) bond motifs is 9. The highest BCUT2D eigenvalue weighted by atomic mass is 15.2. The molecule has 0 unspecified atom stereocenters. The van der Waals surface area contributed by atoms with Crippen molar-refractivity contribution >= 4 is 71.7 Å². The summed E-state index contributed by atoms with van der Waals surface area (Å²) < 4.78 is 4.70. The van der Waals surface area contributed by atoms with Gasteiger partial charge in [0.1, 0.15) is 0 Å². The van der Waals surface area contributed by atoms with Crippen molar-refractivity contribution in [1.82, 2.24) is 19.1 Å². The zero-order chi connectivity index (χ0) is 41.9.